The van der Waals surface area contributed by atoms with Gasteiger partial charge in [0, 0.05) is 5.56 Å². The molecule has 0 unspecified atom stereocenters. The highest BCUT2D eigenvalue weighted by molar-refractivity contribution is 5.90. The first-order valence-electron chi connectivity index (χ1n) is 4.01. The highest BCUT2D eigenvalue weighted by atomic mass is 19.3. The molecule has 0 aliphatic rings. The quantitative estimate of drug-likeness (QED) is 0.565. The first kappa shape index (κ1) is 11.5. The molecule has 0 aromatic carbocycles. The molecule has 1 aromatic heterocycles. The summed E-state index contributed by atoms with van der Waals surface area (Å²) < 4.78 is 42.0. The summed E-state index contributed by atoms with van der Waals surface area (Å²) >= 11 is 0. The number of carbonyl (C=O) groups excluding carboxylic acids is 1. The number of aryl methyl sites for hydroxylation is 1. The molecule has 15 heavy (non-hydrogen) atoms. The van der Waals surface area contributed by atoms with Crippen LogP contribution in [0.5, 0.6) is 0 Å². The number of ether oxygens (including phenoxy) is 1. The van der Waals surface area contributed by atoms with Crippen molar-refractivity contribution in [3.8, 4) is 0 Å². The van der Waals surface area contributed by atoms with E-state index in [1.165, 1.54) is 6.92 Å². The Labute approximate surface area is 83.9 Å². The van der Waals surface area contributed by atoms with Gasteiger partial charge in [0.15, 0.2) is 0 Å². The van der Waals surface area contributed by atoms with Crippen LogP contribution in [-0.2, 0) is 4.74 Å². The van der Waals surface area contributed by atoms with Crippen molar-refractivity contribution in [2.24, 2.45) is 0 Å². The lowest BCUT2D eigenvalue weighted by Gasteiger charge is -2.07. The molecule has 0 fully saturated rings. The van der Waals surface area contributed by atoms with Crippen molar-refractivity contribution in [2.45, 2.75) is 13.3 Å². The third-order valence-corrected chi connectivity index (χ3v) is 1.79. The summed E-state index contributed by atoms with van der Waals surface area (Å²) in [6.45, 7) is 1.32. The van der Waals surface area contributed by atoms with Crippen LogP contribution in [0.1, 0.15) is 28.0 Å². The van der Waals surface area contributed by atoms with E-state index in [9.17, 15) is 18.0 Å². The van der Waals surface area contributed by atoms with Crippen LogP contribution in [0, 0.1) is 12.9 Å². The Balaban J connectivity index is 3.34. The van der Waals surface area contributed by atoms with Gasteiger partial charge in [0.25, 0.3) is 6.43 Å². The first-order valence-corrected chi connectivity index (χ1v) is 4.01. The largest absolute Gasteiger partial charge is 0.465 e. The van der Waals surface area contributed by atoms with Crippen LogP contribution >= 0.6 is 0 Å². The minimum absolute atomic E-state index is 0.0137. The van der Waals surface area contributed by atoms with Gasteiger partial charge in [-0.2, -0.15) is 4.39 Å². The fraction of sp³-hybridized carbons (Fsp3) is 0.333. The van der Waals surface area contributed by atoms with Crippen LogP contribution in [0.3, 0.4) is 0 Å². The topological polar surface area (TPSA) is 39.2 Å². The first-order chi connectivity index (χ1) is 6.97. The maximum Gasteiger partial charge on any atom is 0.339 e. The number of hydrogen-bond donors (Lipinski definition) is 0. The lowest BCUT2D eigenvalue weighted by Crippen LogP contribution is -2.10. The third-order valence-electron chi connectivity index (χ3n) is 1.79. The van der Waals surface area contributed by atoms with Crippen LogP contribution in [0.2, 0.25) is 0 Å². The van der Waals surface area contributed by atoms with Gasteiger partial charge < -0.3 is 4.74 Å². The minimum atomic E-state index is -3.02. The van der Waals surface area contributed by atoms with Crippen LogP contribution in [-0.4, -0.2) is 18.1 Å². The number of carbonyl (C=O) groups is 1. The van der Waals surface area contributed by atoms with E-state index in [0.29, 0.717) is 0 Å². The summed E-state index contributed by atoms with van der Waals surface area (Å²) in [4.78, 5) is 14.1. The van der Waals surface area contributed by atoms with Crippen molar-refractivity contribution < 1.29 is 22.7 Å². The van der Waals surface area contributed by atoms with E-state index in [4.69, 9.17) is 0 Å². The fourth-order valence-corrected chi connectivity index (χ4v) is 1.04. The highest BCUT2D eigenvalue weighted by Gasteiger charge is 2.22. The third kappa shape index (κ3) is 2.26. The Morgan fingerprint density at radius 2 is 2.13 bits per heavy atom. The number of pyridine rings is 1. The van der Waals surface area contributed by atoms with E-state index >= 15 is 0 Å². The summed E-state index contributed by atoms with van der Waals surface area (Å²) in [6, 6.07) is 0.996. The fourth-order valence-electron chi connectivity index (χ4n) is 1.04. The van der Waals surface area contributed by atoms with Gasteiger partial charge in [-0.15, -0.1) is 0 Å². The van der Waals surface area contributed by atoms with E-state index < -0.39 is 29.6 Å². The molecule has 0 amide bonds. The maximum atomic E-state index is 12.9. The van der Waals surface area contributed by atoms with Crippen LogP contribution in [0.15, 0.2) is 6.07 Å². The molecule has 1 heterocycles. The molecular formula is C9H8F3NO2. The van der Waals surface area contributed by atoms with Crippen molar-refractivity contribution in [1.82, 2.24) is 4.98 Å². The summed E-state index contributed by atoms with van der Waals surface area (Å²) in [5, 5.41) is 0. The Morgan fingerprint density at radius 1 is 1.53 bits per heavy atom. The standard InChI is InChI=1S/C9H8F3NO2/c1-4-3-5(9(14)15-2)6(7(10)11)13-8(4)12/h3,7H,1-2H3. The number of alkyl halides is 2. The second-order valence-corrected chi connectivity index (χ2v) is 2.82. The van der Waals surface area contributed by atoms with Gasteiger partial charge in [-0.1, -0.05) is 0 Å². The monoisotopic (exact) mass is 219 g/mol. The number of methoxy groups -OCH3 is 1. The Morgan fingerprint density at radius 3 is 2.60 bits per heavy atom. The smallest absolute Gasteiger partial charge is 0.339 e. The van der Waals surface area contributed by atoms with Gasteiger partial charge in [-0.25, -0.2) is 18.6 Å². The van der Waals surface area contributed by atoms with Crippen molar-refractivity contribution in [2.75, 3.05) is 7.11 Å². The Kier molecular flexibility index (Phi) is 3.28. The van der Waals surface area contributed by atoms with E-state index in [-0.39, 0.29) is 5.56 Å². The summed E-state index contributed by atoms with van der Waals surface area (Å²) in [5.74, 6) is -1.97. The predicted molar refractivity (Wildman–Crippen MR) is 45.2 cm³/mol. The van der Waals surface area contributed by atoms with E-state index in [2.05, 4.69) is 9.72 Å². The molecule has 0 radical (unpaired) electrons. The lowest BCUT2D eigenvalue weighted by atomic mass is 10.1. The maximum absolute atomic E-state index is 12.9. The van der Waals surface area contributed by atoms with Gasteiger partial charge >= 0.3 is 5.97 Å². The predicted octanol–water partition coefficient (Wildman–Crippen LogP) is 2.25. The van der Waals surface area contributed by atoms with E-state index in [0.717, 1.165) is 13.2 Å². The van der Waals surface area contributed by atoms with E-state index in [1.54, 1.807) is 0 Å². The van der Waals surface area contributed by atoms with Crippen molar-refractivity contribution >= 4 is 5.97 Å². The second kappa shape index (κ2) is 4.29. The number of rotatable bonds is 2. The number of hydrogen-bond acceptors (Lipinski definition) is 3. The molecule has 0 atom stereocenters. The Bertz CT molecular complexity index is 393. The Hall–Kier alpha value is -1.59. The molecule has 1 aromatic rings. The molecule has 0 aliphatic carbocycles. The summed E-state index contributed by atoms with van der Waals surface area (Å²) in [7, 11) is 1.05. The zero-order valence-electron chi connectivity index (χ0n) is 8.05. The highest BCUT2D eigenvalue weighted by Crippen LogP contribution is 2.23. The summed E-state index contributed by atoms with van der Waals surface area (Å²) in [6.07, 6.45) is -3.02. The number of esters is 1. The minimum Gasteiger partial charge on any atom is -0.465 e. The van der Waals surface area contributed by atoms with E-state index in [1.807, 2.05) is 0 Å². The molecule has 6 heteroatoms. The van der Waals surface area contributed by atoms with Crippen LogP contribution in [0.25, 0.3) is 0 Å². The summed E-state index contributed by atoms with van der Waals surface area (Å²) in [5.41, 5.74) is -1.30. The zero-order valence-corrected chi connectivity index (χ0v) is 8.05. The second-order valence-electron chi connectivity index (χ2n) is 2.82. The zero-order chi connectivity index (χ0) is 11.6. The molecular weight excluding hydrogens is 211 g/mol. The molecule has 0 aliphatic heterocycles. The SMILES string of the molecule is COC(=O)c1cc(C)c(F)nc1C(F)F. The molecule has 0 saturated carbocycles. The number of aromatic nitrogens is 1. The normalized spacial score (nSPS) is 10.5. The van der Waals surface area contributed by atoms with Crippen LogP contribution in [0.4, 0.5) is 13.2 Å². The molecule has 0 bridgehead atoms. The van der Waals surface area contributed by atoms with Crippen molar-refractivity contribution in [1.29, 1.82) is 0 Å². The lowest BCUT2D eigenvalue weighted by molar-refractivity contribution is 0.0586. The number of nitrogens with zero attached hydrogens (tertiary/aromatic N) is 1. The molecule has 3 nitrogen and oxygen atoms in total. The molecule has 0 saturated heterocycles. The van der Waals surface area contributed by atoms with Gasteiger partial charge in [-0.3, -0.25) is 0 Å². The molecule has 82 valence electrons. The number of halogens is 3. The average molecular weight is 219 g/mol. The molecule has 0 N–H and O–H groups in total. The molecule has 1 rings (SSSR count). The van der Waals surface area contributed by atoms with Crippen molar-refractivity contribution in [3.63, 3.8) is 0 Å². The molecule has 0 spiro atoms. The van der Waals surface area contributed by atoms with Gasteiger partial charge in [0.1, 0.15) is 5.69 Å². The average Bonchev–Trinajstić information content (AvgIpc) is 2.20. The van der Waals surface area contributed by atoms with Crippen molar-refractivity contribution in [3.05, 3.63) is 28.8 Å². The van der Waals surface area contributed by atoms with Crippen LogP contribution < -0.4 is 0 Å². The van der Waals surface area contributed by atoms with Gasteiger partial charge in [-0.05, 0) is 13.0 Å². The van der Waals surface area contributed by atoms with Gasteiger partial charge in [0.05, 0.1) is 12.7 Å². The van der Waals surface area contributed by atoms with Gasteiger partial charge in [0.2, 0.25) is 5.95 Å².